The molecule has 0 amide bonds. The van der Waals surface area contributed by atoms with Gasteiger partial charge in [-0.3, -0.25) is 4.98 Å². The van der Waals surface area contributed by atoms with Crippen molar-refractivity contribution in [1.29, 1.82) is 0 Å². The fourth-order valence-electron chi connectivity index (χ4n) is 2.69. The smallest absolute Gasteiger partial charge is 0.248 e. The Balaban J connectivity index is 1.59. The van der Waals surface area contributed by atoms with E-state index in [2.05, 4.69) is 36.2 Å². The second kappa shape index (κ2) is 7.77. The number of nitrogens with zero attached hydrogens (tertiary/aromatic N) is 3. The van der Waals surface area contributed by atoms with Crippen LogP contribution in [0.2, 0.25) is 0 Å². The first-order valence-corrected chi connectivity index (χ1v) is 9.21. The van der Waals surface area contributed by atoms with Gasteiger partial charge in [-0.2, -0.15) is 4.98 Å². The molecule has 6 nitrogen and oxygen atoms in total. The Morgan fingerprint density at radius 1 is 1.04 bits per heavy atom. The zero-order valence-corrected chi connectivity index (χ0v) is 16.1. The number of hydrogen-bond donors (Lipinski definition) is 2. The molecule has 2 aromatic heterocycles. The van der Waals surface area contributed by atoms with E-state index in [0.717, 1.165) is 15.4 Å². The Morgan fingerprint density at radius 3 is 2.68 bits per heavy atom. The highest BCUT2D eigenvalue weighted by Gasteiger charge is 2.13. The molecule has 0 aliphatic heterocycles. The molecule has 4 aromatic rings. The van der Waals surface area contributed by atoms with Gasteiger partial charge in [0.25, 0.3) is 0 Å². The Labute approximate surface area is 168 Å². The van der Waals surface area contributed by atoms with E-state index in [1.807, 2.05) is 18.2 Å². The summed E-state index contributed by atoms with van der Waals surface area (Å²) in [4.78, 5) is 12.7. The summed E-state index contributed by atoms with van der Waals surface area (Å²) < 4.78 is 19.9. The summed E-state index contributed by atoms with van der Waals surface area (Å²) in [5.74, 6) is 0.916. The van der Waals surface area contributed by atoms with Gasteiger partial charge in [-0.05, 0) is 35.9 Å². The molecule has 28 heavy (non-hydrogen) atoms. The number of hydrogen-bond acceptors (Lipinski definition) is 6. The van der Waals surface area contributed by atoms with Crippen LogP contribution >= 0.6 is 15.9 Å². The highest BCUT2D eigenvalue weighted by Crippen LogP contribution is 2.35. The third-order valence-electron chi connectivity index (χ3n) is 4.11. The third-order valence-corrected chi connectivity index (χ3v) is 4.80. The number of pyridine rings is 1. The van der Waals surface area contributed by atoms with Crippen molar-refractivity contribution in [2.75, 3.05) is 11.1 Å². The lowest BCUT2D eigenvalue weighted by Crippen LogP contribution is -2.07. The third kappa shape index (κ3) is 3.72. The lowest BCUT2D eigenvalue weighted by molar-refractivity contribution is 0.468. The zero-order chi connectivity index (χ0) is 19.5. The second-order valence-electron chi connectivity index (χ2n) is 5.97. The van der Waals surface area contributed by atoms with Crippen LogP contribution in [0.1, 0.15) is 5.56 Å². The fourth-order valence-corrected chi connectivity index (χ4v) is 3.14. The van der Waals surface area contributed by atoms with Gasteiger partial charge in [-0.15, -0.1) is 0 Å². The molecule has 8 heteroatoms. The molecule has 0 aliphatic carbocycles. The van der Waals surface area contributed by atoms with Crippen LogP contribution in [-0.2, 0) is 6.54 Å². The molecule has 3 N–H and O–H groups in total. The number of anilines is 2. The second-order valence-corrected chi connectivity index (χ2v) is 6.82. The number of nitrogens with one attached hydrogen (secondary N) is 1. The largest absolute Gasteiger partial charge is 0.435 e. The molecule has 4 rings (SSSR count). The first kappa shape index (κ1) is 18.1. The SMILES string of the molecule is Nc1c(NCc2ccc(F)cc2)ncnc1Oc1ccc(Br)c2cccnc12. The Morgan fingerprint density at radius 2 is 1.86 bits per heavy atom. The van der Waals surface area contributed by atoms with Crippen LogP contribution in [0.5, 0.6) is 11.6 Å². The molecule has 2 aromatic carbocycles. The van der Waals surface area contributed by atoms with E-state index < -0.39 is 0 Å². The number of halogens is 2. The number of rotatable bonds is 5. The van der Waals surface area contributed by atoms with E-state index in [0.29, 0.717) is 23.6 Å². The van der Waals surface area contributed by atoms with Crippen LogP contribution in [0.3, 0.4) is 0 Å². The van der Waals surface area contributed by atoms with Crippen LogP contribution in [0.15, 0.2) is 65.5 Å². The fraction of sp³-hybridized carbons (Fsp3) is 0.0500. The van der Waals surface area contributed by atoms with Crippen molar-refractivity contribution >= 4 is 38.3 Å². The standard InChI is InChI=1S/C20H15BrFN5O/c21-15-7-8-16(18-14(15)2-1-9-24-18)28-20-17(23)19(26-11-27-20)25-10-12-3-5-13(22)6-4-12/h1-9,11H,10,23H2,(H,25,26,27). The minimum Gasteiger partial charge on any atom is -0.435 e. The summed E-state index contributed by atoms with van der Waals surface area (Å²) in [7, 11) is 0. The Hall–Kier alpha value is -3.26. The van der Waals surface area contributed by atoms with Crippen molar-refractivity contribution < 1.29 is 9.13 Å². The summed E-state index contributed by atoms with van der Waals surface area (Å²) in [6, 6.07) is 13.7. The normalized spacial score (nSPS) is 10.8. The molecule has 0 atom stereocenters. The first-order valence-electron chi connectivity index (χ1n) is 8.41. The van der Waals surface area contributed by atoms with Crippen molar-refractivity contribution in [3.63, 3.8) is 0 Å². The van der Waals surface area contributed by atoms with Gasteiger partial charge in [0.15, 0.2) is 11.6 Å². The van der Waals surface area contributed by atoms with Gasteiger partial charge in [0.05, 0.1) is 0 Å². The first-order chi connectivity index (χ1) is 13.6. The number of ether oxygens (including phenoxy) is 1. The van der Waals surface area contributed by atoms with Crippen molar-refractivity contribution in [2.24, 2.45) is 0 Å². The predicted molar refractivity (Wildman–Crippen MR) is 110 cm³/mol. The zero-order valence-electron chi connectivity index (χ0n) is 14.6. The molecular formula is C20H15BrFN5O. The van der Waals surface area contributed by atoms with E-state index in [1.54, 1.807) is 24.4 Å². The highest BCUT2D eigenvalue weighted by atomic mass is 79.9. The number of nitrogens with two attached hydrogens (primary N) is 1. The molecule has 2 heterocycles. The lowest BCUT2D eigenvalue weighted by Gasteiger charge is -2.13. The maximum atomic E-state index is 13.0. The van der Waals surface area contributed by atoms with Crippen molar-refractivity contribution in [1.82, 2.24) is 15.0 Å². The van der Waals surface area contributed by atoms with E-state index in [9.17, 15) is 4.39 Å². The minimum absolute atomic E-state index is 0.228. The lowest BCUT2D eigenvalue weighted by atomic mass is 10.2. The molecule has 0 saturated carbocycles. The van der Waals surface area contributed by atoms with Crippen LogP contribution in [0.4, 0.5) is 15.9 Å². The number of nitrogen functional groups attached to an aromatic ring is 1. The van der Waals surface area contributed by atoms with Crippen molar-refractivity contribution in [3.8, 4) is 11.6 Å². The van der Waals surface area contributed by atoms with E-state index >= 15 is 0 Å². The molecule has 0 bridgehead atoms. The average molecular weight is 440 g/mol. The van der Waals surface area contributed by atoms with Gasteiger partial charge in [0.2, 0.25) is 5.88 Å². The summed E-state index contributed by atoms with van der Waals surface area (Å²) in [6.07, 6.45) is 3.06. The van der Waals surface area contributed by atoms with Crippen LogP contribution in [0, 0.1) is 5.82 Å². The van der Waals surface area contributed by atoms with Gasteiger partial charge < -0.3 is 15.8 Å². The van der Waals surface area contributed by atoms with Crippen molar-refractivity contribution in [3.05, 3.63) is 76.9 Å². The molecule has 0 radical (unpaired) electrons. The molecule has 0 fully saturated rings. The number of benzene rings is 2. The topological polar surface area (TPSA) is 86.0 Å². The summed E-state index contributed by atoms with van der Waals surface area (Å²) in [5.41, 5.74) is 8.05. The van der Waals surface area contributed by atoms with E-state index in [4.69, 9.17) is 10.5 Å². The summed E-state index contributed by atoms with van der Waals surface area (Å²) >= 11 is 3.51. The molecular weight excluding hydrogens is 425 g/mol. The minimum atomic E-state index is -0.281. The highest BCUT2D eigenvalue weighted by molar-refractivity contribution is 9.10. The maximum absolute atomic E-state index is 13.0. The summed E-state index contributed by atoms with van der Waals surface area (Å²) in [6.45, 7) is 0.434. The van der Waals surface area contributed by atoms with E-state index in [-0.39, 0.29) is 17.4 Å². The van der Waals surface area contributed by atoms with Gasteiger partial charge in [0.1, 0.15) is 23.3 Å². The van der Waals surface area contributed by atoms with Gasteiger partial charge in [-0.1, -0.05) is 34.1 Å². The molecule has 0 unspecified atom stereocenters. The van der Waals surface area contributed by atoms with Crippen LogP contribution < -0.4 is 15.8 Å². The number of aromatic nitrogens is 3. The van der Waals surface area contributed by atoms with Gasteiger partial charge >= 0.3 is 0 Å². The molecule has 0 spiro atoms. The van der Waals surface area contributed by atoms with E-state index in [1.165, 1.54) is 18.5 Å². The van der Waals surface area contributed by atoms with Crippen LogP contribution in [-0.4, -0.2) is 15.0 Å². The quantitative estimate of drug-likeness (QED) is 0.459. The predicted octanol–water partition coefficient (Wildman–Crippen LogP) is 4.91. The van der Waals surface area contributed by atoms with Crippen LogP contribution in [0.25, 0.3) is 10.9 Å². The van der Waals surface area contributed by atoms with Gasteiger partial charge in [-0.25, -0.2) is 9.37 Å². The Kier molecular flexibility index (Phi) is 5.03. The average Bonchev–Trinajstić information content (AvgIpc) is 2.72. The maximum Gasteiger partial charge on any atom is 0.248 e. The molecule has 140 valence electrons. The van der Waals surface area contributed by atoms with Crippen molar-refractivity contribution in [2.45, 2.75) is 6.54 Å². The summed E-state index contributed by atoms with van der Waals surface area (Å²) in [5, 5.41) is 4.04. The monoisotopic (exact) mass is 439 g/mol. The number of fused-ring (bicyclic) bond motifs is 1. The molecule has 0 aliphatic rings. The van der Waals surface area contributed by atoms with Gasteiger partial charge in [0, 0.05) is 22.6 Å². The Bertz CT molecular complexity index is 1140. The molecule has 0 saturated heterocycles.